The van der Waals surface area contributed by atoms with E-state index >= 15 is 0 Å². The van der Waals surface area contributed by atoms with Gasteiger partial charge in [-0.2, -0.15) is 11.8 Å². The molecule has 116 valence electrons. The second-order valence-corrected chi connectivity index (χ2v) is 7.59. The van der Waals surface area contributed by atoms with Crippen molar-refractivity contribution in [1.29, 1.82) is 0 Å². The number of nitrogens with one attached hydrogen (secondary N) is 2. The first-order chi connectivity index (χ1) is 9.94. The van der Waals surface area contributed by atoms with Crippen molar-refractivity contribution < 1.29 is 13.3 Å². The molecule has 0 aliphatic carbocycles. The van der Waals surface area contributed by atoms with E-state index in [-0.39, 0.29) is 22.3 Å². The largest absolute Gasteiger partial charge is 0.383 e. The molecule has 21 heavy (non-hydrogen) atoms. The Morgan fingerprint density at radius 1 is 1.43 bits per heavy atom. The van der Waals surface area contributed by atoms with Gasteiger partial charge in [0.15, 0.2) is 0 Å². The third-order valence-electron chi connectivity index (χ3n) is 3.23. The van der Waals surface area contributed by atoms with Crippen LogP contribution in [0.2, 0.25) is 0 Å². The molecular formula is C12H17N3O4S2. The van der Waals surface area contributed by atoms with Crippen molar-refractivity contribution in [3.05, 3.63) is 28.3 Å². The molecule has 0 amide bonds. The molecule has 0 aromatic heterocycles. The van der Waals surface area contributed by atoms with E-state index in [1.807, 2.05) is 0 Å². The molecule has 7 nitrogen and oxygen atoms in total. The molecule has 1 aromatic rings. The van der Waals surface area contributed by atoms with Crippen LogP contribution in [0.1, 0.15) is 12.8 Å². The van der Waals surface area contributed by atoms with Gasteiger partial charge in [0.25, 0.3) is 5.69 Å². The number of nitro groups is 1. The molecule has 1 unspecified atom stereocenters. The van der Waals surface area contributed by atoms with Gasteiger partial charge in [0, 0.05) is 24.9 Å². The van der Waals surface area contributed by atoms with E-state index in [2.05, 4.69) is 10.0 Å². The van der Waals surface area contributed by atoms with Gasteiger partial charge in [-0.05, 0) is 30.7 Å². The number of nitrogens with zero attached hydrogens (tertiary/aromatic N) is 1. The van der Waals surface area contributed by atoms with Crippen LogP contribution in [-0.4, -0.2) is 37.9 Å². The molecule has 1 fully saturated rings. The summed E-state index contributed by atoms with van der Waals surface area (Å²) in [4.78, 5) is 10.3. The van der Waals surface area contributed by atoms with E-state index < -0.39 is 14.9 Å². The number of thioether (sulfide) groups is 1. The van der Waals surface area contributed by atoms with E-state index in [1.54, 1.807) is 18.8 Å². The highest BCUT2D eigenvalue weighted by atomic mass is 32.2. The molecule has 1 aromatic carbocycles. The van der Waals surface area contributed by atoms with Crippen molar-refractivity contribution in [3.8, 4) is 0 Å². The number of benzene rings is 1. The summed E-state index contributed by atoms with van der Waals surface area (Å²) in [5.41, 5.74) is 0.0329. The third-order valence-corrected chi connectivity index (χ3v) is 5.96. The molecule has 9 heteroatoms. The van der Waals surface area contributed by atoms with Crippen molar-refractivity contribution in [2.24, 2.45) is 0 Å². The van der Waals surface area contributed by atoms with Gasteiger partial charge in [-0.15, -0.1) is 0 Å². The smallest absolute Gasteiger partial charge is 0.293 e. The molecule has 1 aliphatic heterocycles. The van der Waals surface area contributed by atoms with Crippen molar-refractivity contribution >= 4 is 33.2 Å². The van der Waals surface area contributed by atoms with Gasteiger partial charge in [0.2, 0.25) is 10.0 Å². The van der Waals surface area contributed by atoms with E-state index in [0.717, 1.165) is 30.4 Å². The zero-order chi connectivity index (χ0) is 15.5. The topological polar surface area (TPSA) is 101 Å². The lowest BCUT2D eigenvalue weighted by molar-refractivity contribution is -0.384. The maximum absolute atomic E-state index is 12.3. The second kappa shape index (κ2) is 6.63. The molecule has 1 aliphatic rings. The normalized spacial score (nSPS) is 19.2. The van der Waals surface area contributed by atoms with Crippen LogP contribution in [0.4, 0.5) is 11.4 Å². The Balaban J connectivity index is 2.27. The Bertz CT molecular complexity index is 627. The van der Waals surface area contributed by atoms with Crippen LogP contribution < -0.4 is 10.0 Å². The van der Waals surface area contributed by atoms with E-state index in [1.165, 1.54) is 12.1 Å². The molecule has 2 rings (SSSR count). The van der Waals surface area contributed by atoms with Gasteiger partial charge in [-0.3, -0.25) is 10.1 Å². The minimum Gasteiger partial charge on any atom is -0.383 e. The summed E-state index contributed by atoms with van der Waals surface area (Å²) in [5.74, 6) is 1.77. The molecule has 0 radical (unpaired) electrons. The Morgan fingerprint density at radius 2 is 2.19 bits per heavy atom. The Morgan fingerprint density at radius 3 is 2.76 bits per heavy atom. The summed E-state index contributed by atoms with van der Waals surface area (Å²) in [6.07, 6.45) is 1.76. The Hall–Kier alpha value is -1.32. The van der Waals surface area contributed by atoms with E-state index in [4.69, 9.17) is 0 Å². The molecule has 1 heterocycles. The number of rotatable bonds is 5. The lowest BCUT2D eigenvalue weighted by Crippen LogP contribution is -2.38. The SMILES string of the molecule is CNc1ccc(S(=O)(=O)NC2CCCSC2)cc1[N+](=O)[O-]. The monoisotopic (exact) mass is 331 g/mol. The van der Waals surface area contributed by atoms with Crippen LogP contribution >= 0.6 is 11.8 Å². The minimum absolute atomic E-state index is 0.0798. The third kappa shape index (κ3) is 3.86. The van der Waals surface area contributed by atoms with Gasteiger partial charge in [-0.25, -0.2) is 13.1 Å². The van der Waals surface area contributed by atoms with Crippen molar-refractivity contribution in [3.63, 3.8) is 0 Å². The highest BCUT2D eigenvalue weighted by molar-refractivity contribution is 7.99. The lowest BCUT2D eigenvalue weighted by atomic mass is 10.2. The summed E-state index contributed by atoms with van der Waals surface area (Å²) in [7, 11) is -2.19. The van der Waals surface area contributed by atoms with Crippen LogP contribution in [0.3, 0.4) is 0 Å². The Kier molecular flexibility index (Phi) is 5.07. The standard InChI is InChI=1S/C12H17N3O4S2/c1-13-11-5-4-10(7-12(11)15(16)17)21(18,19)14-9-3-2-6-20-8-9/h4-5,7,9,13-14H,2-3,6,8H2,1H3. The first kappa shape index (κ1) is 16.1. The summed E-state index contributed by atoms with van der Waals surface area (Å²) < 4.78 is 27.2. The predicted octanol–water partition coefficient (Wildman–Crippen LogP) is 1.81. The number of hydrogen-bond donors (Lipinski definition) is 2. The molecular weight excluding hydrogens is 314 g/mol. The number of anilines is 1. The molecule has 0 saturated carbocycles. The van der Waals surface area contributed by atoms with Crippen LogP contribution in [0.15, 0.2) is 23.1 Å². The van der Waals surface area contributed by atoms with Gasteiger partial charge in [-0.1, -0.05) is 0 Å². The quantitative estimate of drug-likeness (QED) is 0.630. The molecule has 0 bridgehead atoms. The predicted molar refractivity (Wildman–Crippen MR) is 83.3 cm³/mol. The van der Waals surface area contributed by atoms with Crippen LogP contribution in [0.5, 0.6) is 0 Å². The van der Waals surface area contributed by atoms with Crippen molar-refractivity contribution in [1.82, 2.24) is 4.72 Å². The zero-order valence-electron chi connectivity index (χ0n) is 11.5. The lowest BCUT2D eigenvalue weighted by Gasteiger charge is -2.22. The second-order valence-electron chi connectivity index (χ2n) is 4.72. The molecule has 1 atom stereocenters. The first-order valence-electron chi connectivity index (χ1n) is 6.50. The van der Waals surface area contributed by atoms with Gasteiger partial charge < -0.3 is 5.32 Å². The summed E-state index contributed by atoms with van der Waals surface area (Å²) in [6.45, 7) is 0. The molecule has 2 N–H and O–H groups in total. The van der Waals surface area contributed by atoms with Gasteiger partial charge in [0.05, 0.1) is 9.82 Å². The maximum Gasteiger partial charge on any atom is 0.293 e. The van der Waals surface area contributed by atoms with Gasteiger partial charge in [0.1, 0.15) is 5.69 Å². The highest BCUT2D eigenvalue weighted by Gasteiger charge is 2.25. The van der Waals surface area contributed by atoms with E-state index in [9.17, 15) is 18.5 Å². The van der Waals surface area contributed by atoms with Crippen molar-refractivity contribution in [2.45, 2.75) is 23.8 Å². The number of nitro benzene ring substituents is 1. The highest BCUT2D eigenvalue weighted by Crippen LogP contribution is 2.27. The average molecular weight is 331 g/mol. The van der Waals surface area contributed by atoms with Crippen molar-refractivity contribution in [2.75, 3.05) is 23.9 Å². The Labute approximate surface area is 127 Å². The van der Waals surface area contributed by atoms with Gasteiger partial charge >= 0.3 is 0 Å². The molecule has 1 saturated heterocycles. The van der Waals surface area contributed by atoms with Crippen LogP contribution in [-0.2, 0) is 10.0 Å². The summed E-state index contributed by atoms with van der Waals surface area (Å²) >= 11 is 1.71. The van der Waals surface area contributed by atoms with E-state index in [0.29, 0.717) is 0 Å². The fourth-order valence-corrected chi connectivity index (χ4v) is 4.63. The first-order valence-corrected chi connectivity index (χ1v) is 9.14. The minimum atomic E-state index is -3.74. The molecule has 0 spiro atoms. The fourth-order valence-electron chi connectivity index (χ4n) is 2.16. The van der Waals surface area contributed by atoms with Crippen LogP contribution in [0, 0.1) is 10.1 Å². The average Bonchev–Trinajstić information content (AvgIpc) is 2.47. The number of sulfonamides is 1. The fraction of sp³-hybridized carbons (Fsp3) is 0.500. The maximum atomic E-state index is 12.3. The van der Waals surface area contributed by atoms with Crippen LogP contribution in [0.25, 0.3) is 0 Å². The number of hydrogen-bond acceptors (Lipinski definition) is 6. The zero-order valence-corrected chi connectivity index (χ0v) is 13.2. The summed E-state index contributed by atoms with van der Waals surface area (Å²) in [6, 6.07) is 3.75. The summed E-state index contributed by atoms with van der Waals surface area (Å²) in [5, 5.41) is 13.7.